The van der Waals surface area contributed by atoms with E-state index < -0.39 is 5.79 Å². The maximum atomic E-state index is 6.61. The van der Waals surface area contributed by atoms with Crippen molar-refractivity contribution in [2.45, 2.75) is 138 Å². The summed E-state index contributed by atoms with van der Waals surface area (Å²) in [6.45, 7) is 23.2. The zero-order valence-electron chi connectivity index (χ0n) is 25.8. The van der Waals surface area contributed by atoms with Crippen LogP contribution in [0.3, 0.4) is 0 Å². The van der Waals surface area contributed by atoms with Crippen molar-refractivity contribution in [1.29, 1.82) is 0 Å². The van der Waals surface area contributed by atoms with Crippen LogP contribution in [-0.2, 0) is 14.2 Å². The van der Waals surface area contributed by atoms with Gasteiger partial charge in [-0.3, -0.25) is 0 Å². The molecule has 1 aliphatic heterocycles. The van der Waals surface area contributed by atoms with Crippen molar-refractivity contribution in [2.24, 2.45) is 50.2 Å². The van der Waals surface area contributed by atoms with E-state index >= 15 is 0 Å². The van der Waals surface area contributed by atoms with E-state index in [1.165, 1.54) is 57.8 Å². The van der Waals surface area contributed by atoms with Crippen LogP contribution in [-0.4, -0.2) is 31.7 Å². The molecule has 6 rings (SSSR count). The first-order chi connectivity index (χ1) is 17.0. The predicted molar refractivity (Wildman–Crippen MR) is 150 cm³/mol. The summed E-state index contributed by atoms with van der Waals surface area (Å²) < 4.78 is 19.2. The molecule has 10 atom stereocenters. The molecule has 5 aliphatic carbocycles. The van der Waals surface area contributed by atoms with Crippen LogP contribution < -0.4 is 0 Å². The van der Waals surface area contributed by atoms with Crippen molar-refractivity contribution in [3.05, 3.63) is 11.6 Å². The molecule has 0 aromatic heterocycles. The zero-order valence-corrected chi connectivity index (χ0v) is 25.8. The van der Waals surface area contributed by atoms with Crippen LogP contribution in [0.25, 0.3) is 0 Å². The minimum absolute atomic E-state index is 0.124. The number of allylic oxidation sites excluding steroid dienone is 2. The molecule has 1 saturated heterocycles. The summed E-state index contributed by atoms with van der Waals surface area (Å²) in [7, 11) is 1.97. The average molecular weight is 513 g/mol. The minimum atomic E-state index is -0.445. The molecule has 0 spiro atoms. The van der Waals surface area contributed by atoms with Gasteiger partial charge in [0.15, 0.2) is 5.79 Å². The molecule has 0 amide bonds. The summed E-state index contributed by atoms with van der Waals surface area (Å²) in [5, 5.41) is 0. The summed E-state index contributed by atoms with van der Waals surface area (Å²) >= 11 is 0. The normalized spacial score (nSPS) is 56.1. The molecule has 0 radical (unpaired) electrons. The number of ether oxygens (including phenoxy) is 3. The molecular weight excluding hydrogens is 456 g/mol. The maximum absolute atomic E-state index is 6.61. The Labute approximate surface area is 227 Å². The van der Waals surface area contributed by atoms with E-state index in [2.05, 4.69) is 68.4 Å². The van der Waals surface area contributed by atoms with E-state index in [0.29, 0.717) is 45.7 Å². The molecular formula is C34H56O3. The molecule has 5 fully saturated rings. The van der Waals surface area contributed by atoms with Gasteiger partial charge in [0.2, 0.25) is 0 Å². The van der Waals surface area contributed by atoms with Crippen molar-refractivity contribution in [1.82, 2.24) is 0 Å². The summed E-state index contributed by atoms with van der Waals surface area (Å²) in [5.74, 6) is 1.62. The maximum Gasteiger partial charge on any atom is 0.163 e. The van der Waals surface area contributed by atoms with E-state index in [4.69, 9.17) is 14.2 Å². The fourth-order valence-corrected chi connectivity index (χ4v) is 11.9. The third-order valence-corrected chi connectivity index (χ3v) is 14.3. The molecule has 1 heterocycles. The van der Waals surface area contributed by atoms with Gasteiger partial charge in [0.1, 0.15) is 0 Å². The first-order valence-corrected chi connectivity index (χ1v) is 15.6. The highest BCUT2D eigenvalue weighted by atomic mass is 16.7. The molecule has 0 bridgehead atoms. The van der Waals surface area contributed by atoms with E-state index in [1.54, 1.807) is 0 Å². The molecule has 4 saturated carbocycles. The van der Waals surface area contributed by atoms with E-state index in [1.807, 2.05) is 12.7 Å². The topological polar surface area (TPSA) is 27.7 Å². The minimum Gasteiger partial charge on any atom is -0.381 e. The Morgan fingerprint density at radius 3 is 2.22 bits per heavy atom. The smallest absolute Gasteiger partial charge is 0.163 e. The fraction of sp³-hybridized carbons (Fsp3) is 0.941. The van der Waals surface area contributed by atoms with Crippen LogP contribution in [0.5, 0.6) is 0 Å². The van der Waals surface area contributed by atoms with Gasteiger partial charge >= 0.3 is 0 Å². The van der Waals surface area contributed by atoms with E-state index in [0.717, 1.165) is 12.5 Å². The van der Waals surface area contributed by atoms with Gasteiger partial charge in [0.25, 0.3) is 0 Å². The van der Waals surface area contributed by atoms with Crippen molar-refractivity contribution >= 4 is 0 Å². The largest absolute Gasteiger partial charge is 0.381 e. The SMILES string of the molecule is CO[C@@H]1CC(C)(C)C[C@@H]2C3=CC[C@@H]4[C@@]5(C)CCC6OC(C)(C)OC[C@@]6(C)C5CC[C@@]4(C)[C@]3(C)CC[C@]21C. The lowest BCUT2D eigenvalue weighted by atomic mass is 9.33. The Morgan fingerprint density at radius 2 is 1.51 bits per heavy atom. The molecule has 0 aromatic rings. The lowest BCUT2D eigenvalue weighted by Gasteiger charge is -2.72. The van der Waals surface area contributed by atoms with E-state index in [9.17, 15) is 0 Å². The quantitative estimate of drug-likeness (QED) is 0.329. The number of methoxy groups -OCH3 is 1. The second kappa shape index (κ2) is 7.88. The lowest BCUT2D eigenvalue weighted by Crippen LogP contribution is -2.68. The van der Waals surface area contributed by atoms with Crippen LogP contribution in [0.2, 0.25) is 0 Å². The van der Waals surface area contributed by atoms with Gasteiger partial charge in [0.05, 0.1) is 18.8 Å². The number of rotatable bonds is 1. The molecule has 37 heavy (non-hydrogen) atoms. The summed E-state index contributed by atoms with van der Waals surface area (Å²) in [6.07, 6.45) is 15.0. The molecule has 6 aliphatic rings. The monoisotopic (exact) mass is 512 g/mol. The summed E-state index contributed by atoms with van der Waals surface area (Å²) in [4.78, 5) is 0. The molecule has 0 aromatic carbocycles. The van der Waals surface area contributed by atoms with Gasteiger partial charge in [-0.25, -0.2) is 0 Å². The van der Waals surface area contributed by atoms with Crippen molar-refractivity contribution in [3.8, 4) is 0 Å². The summed E-state index contributed by atoms with van der Waals surface area (Å²) in [5.41, 5.74) is 3.55. The van der Waals surface area contributed by atoms with Crippen molar-refractivity contribution < 1.29 is 14.2 Å². The zero-order chi connectivity index (χ0) is 26.9. The third-order valence-electron chi connectivity index (χ3n) is 14.3. The highest BCUT2D eigenvalue weighted by molar-refractivity contribution is 5.34. The Kier molecular flexibility index (Phi) is 5.71. The highest BCUT2D eigenvalue weighted by Crippen LogP contribution is 2.76. The van der Waals surface area contributed by atoms with Gasteiger partial charge in [-0.1, -0.05) is 60.1 Å². The van der Waals surface area contributed by atoms with Crippen molar-refractivity contribution in [2.75, 3.05) is 13.7 Å². The Morgan fingerprint density at radius 1 is 0.784 bits per heavy atom. The van der Waals surface area contributed by atoms with Crippen LogP contribution in [0.1, 0.15) is 120 Å². The Bertz CT molecular complexity index is 982. The lowest BCUT2D eigenvalue weighted by molar-refractivity contribution is -0.351. The van der Waals surface area contributed by atoms with Crippen LogP contribution >= 0.6 is 0 Å². The van der Waals surface area contributed by atoms with Gasteiger partial charge in [-0.05, 0) is 111 Å². The van der Waals surface area contributed by atoms with Crippen LogP contribution in [0.15, 0.2) is 11.6 Å². The van der Waals surface area contributed by atoms with Crippen LogP contribution in [0.4, 0.5) is 0 Å². The van der Waals surface area contributed by atoms with Crippen molar-refractivity contribution in [3.63, 3.8) is 0 Å². The van der Waals surface area contributed by atoms with Gasteiger partial charge < -0.3 is 14.2 Å². The second-order valence-corrected chi connectivity index (χ2v) is 17.0. The number of hydrogen-bond donors (Lipinski definition) is 0. The van der Waals surface area contributed by atoms with Gasteiger partial charge in [0, 0.05) is 17.9 Å². The van der Waals surface area contributed by atoms with E-state index in [-0.39, 0.29) is 10.8 Å². The predicted octanol–water partition coefficient (Wildman–Crippen LogP) is 8.56. The third kappa shape index (κ3) is 3.41. The average Bonchev–Trinajstić information content (AvgIpc) is 2.80. The number of fused-ring (bicyclic) bond motifs is 9. The van der Waals surface area contributed by atoms with Gasteiger partial charge in [-0.2, -0.15) is 0 Å². The second-order valence-electron chi connectivity index (χ2n) is 17.0. The molecule has 0 N–H and O–H groups in total. The molecule has 2 unspecified atom stereocenters. The fourth-order valence-electron chi connectivity index (χ4n) is 11.9. The summed E-state index contributed by atoms with van der Waals surface area (Å²) in [6, 6.07) is 0. The first kappa shape index (κ1) is 26.8. The van der Waals surface area contributed by atoms with Gasteiger partial charge in [-0.15, -0.1) is 0 Å². The molecule has 3 nitrogen and oxygen atoms in total. The Hall–Kier alpha value is -0.380. The first-order valence-electron chi connectivity index (χ1n) is 15.6. The molecule has 210 valence electrons. The highest BCUT2D eigenvalue weighted by Gasteiger charge is 2.70. The molecule has 3 heteroatoms. The van der Waals surface area contributed by atoms with Crippen LogP contribution in [0, 0.1) is 50.2 Å². The standard InChI is InChI=1S/C34H56O3/c1-28(2)19-23-22-11-12-25-31(6)15-14-26-32(7,21-36-29(3,4)37-26)24(31)13-16-34(25,9)33(22,8)18-17-30(23,5)27(20-28)35-10/h11,23-27H,12-21H2,1-10H3/t23-,24?,25-,26?,27-,30-,31+,32+,33-,34-/m1/s1. The Balaban J connectivity index is 1.38. The number of hydrogen-bond acceptors (Lipinski definition) is 3.